The van der Waals surface area contributed by atoms with E-state index in [0.717, 1.165) is 6.42 Å². The van der Waals surface area contributed by atoms with Crippen LogP contribution in [-0.4, -0.2) is 53.8 Å². The number of benzene rings is 1. The average Bonchev–Trinajstić information content (AvgIpc) is 3.22. The number of esters is 1. The molecule has 0 aromatic heterocycles. The van der Waals surface area contributed by atoms with Gasteiger partial charge in [-0.15, -0.1) is 10.2 Å². The van der Waals surface area contributed by atoms with Crippen LogP contribution < -0.4 is 4.74 Å². The first-order chi connectivity index (χ1) is 14.9. The maximum atomic E-state index is 12.2. The van der Waals surface area contributed by atoms with Crippen molar-refractivity contribution in [1.82, 2.24) is 0 Å². The van der Waals surface area contributed by atoms with Gasteiger partial charge in [-0.05, 0) is 43.7 Å². The molecule has 0 bridgehead atoms. The van der Waals surface area contributed by atoms with Gasteiger partial charge in [0.05, 0.1) is 24.5 Å². The maximum Gasteiger partial charge on any atom is 0.343 e. The van der Waals surface area contributed by atoms with Gasteiger partial charge in [0, 0.05) is 6.21 Å². The quantitative estimate of drug-likeness (QED) is 0.295. The Labute approximate surface area is 177 Å². The van der Waals surface area contributed by atoms with Crippen LogP contribution in [-0.2, 0) is 14.3 Å². The first-order valence-corrected chi connectivity index (χ1v) is 9.53. The van der Waals surface area contributed by atoms with Crippen molar-refractivity contribution in [3.05, 3.63) is 35.1 Å². The smallest absolute Gasteiger partial charge is 0.343 e. The molecule has 1 aromatic carbocycles. The van der Waals surface area contributed by atoms with Crippen molar-refractivity contribution in [1.29, 1.82) is 0 Å². The number of allylic oxidation sites excluding steroid dienone is 1. The number of hydrogen-bond donors (Lipinski definition) is 1. The number of rotatable bonds is 8. The maximum absolute atomic E-state index is 12.2. The first kappa shape index (κ1) is 21.7. The highest BCUT2D eigenvalue weighted by atomic mass is 16.5. The van der Waals surface area contributed by atoms with E-state index in [1.54, 1.807) is 25.1 Å². The second-order valence-corrected chi connectivity index (χ2v) is 6.32. The Morgan fingerprint density at radius 2 is 2.03 bits per heavy atom. The van der Waals surface area contributed by atoms with Crippen LogP contribution in [0.1, 0.15) is 32.8 Å². The number of aliphatic hydroxyl groups excluding tert-OH is 1. The van der Waals surface area contributed by atoms with Gasteiger partial charge >= 0.3 is 11.9 Å². The average molecular weight is 424 g/mol. The molecule has 0 spiro atoms. The van der Waals surface area contributed by atoms with Gasteiger partial charge < -0.3 is 14.6 Å². The van der Waals surface area contributed by atoms with E-state index >= 15 is 0 Å². The number of aliphatic imine (C=N–C) groups is 3. The van der Waals surface area contributed by atoms with E-state index in [1.807, 2.05) is 6.92 Å². The third-order valence-corrected chi connectivity index (χ3v) is 4.01. The highest BCUT2D eigenvalue weighted by molar-refractivity contribution is 6.69. The van der Waals surface area contributed by atoms with Gasteiger partial charge in [0.15, 0.2) is 5.84 Å². The Hall–Kier alpha value is -4.02. The van der Waals surface area contributed by atoms with Crippen LogP contribution in [0.15, 0.2) is 59.9 Å². The summed E-state index contributed by atoms with van der Waals surface area (Å²) >= 11 is 0. The lowest BCUT2D eigenvalue weighted by molar-refractivity contribution is -0.138. The molecule has 11 nitrogen and oxygen atoms in total. The van der Waals surface area contributed by atoms with Crippen LogP contribution in [0.5, 0.6) is 5.75 Å². The van der Waals surface area contributed by atoms with E-state index in [2.05, 4.69) is 30.4 Å². The summed E-state index contributed by atoms with van der Waals surface area (Å²) in [5.41, 5.74) is 0.723. The Morgan fingerprint density at radius 3 is 2.74 bits per heavy atom. The van der Waals surface area contributed by atoms with Crippen molar-refractivity contribution in [2.45, 2.75) is 27.2 Å². The molecule has 11 heteroatoms. The molecule has 0 unspecified atom stereocenters. The topological polar surface area (TPSA) is 147 Å². The number of nitrogens with zero attached hydrogens (tertiary/aromatic N) is 6. The highest BCUT2D eigenvalue weighted by Crippen LogP contribution is 2.27. The van der Waals surface area contributed by atoms with Crippen molar-refractivity contribution >= 4 is 41.2 Å². The number of carbonyl (C=O) groups excluding carboxylic acids is 2. The molecule has 0 aliphatic carbocycles. The highest BCUT2D eigenvalue weighted by Gasteiger charge is 2.29. The van der Waals surface area contributed by atoms with Crippen LogP contribution >= 0.6 is 0 Å². The van der Waals surface area contributed by atoms with Gasteiger partial charge in [0.25, 0.3) is 0 Å². The largest absolute Gasteiger partial charge is 0.512 e. The zero-order chi connectivity index (χ0) is 22.4. The number of amides is 1. The summed E-state index contributed by atoms with van der Waals surface area (Å²) in [5.74, 6) is -0.912. The van der Waals surface area contributed by atoms with Gasteiger partial charge in [0.2, 0.25) is 11.5 Å². The number of carbonyl (C=O) groups is 2. The van der Waals surface area contributed by atoms with Crippen molar-refractivity contribution < 1.29 is 24.2 Å². The number of hydrogen-bond acceptors (Lipinski definition) is 10. The molecule has 1 amide bonds. The fraction of sp³-hybridized carbons (Fsp3) is 0.300. The van der Waals surface area contributed by atoms with Crippen molar-refractivity contribution in [3.8, 4) is 5.75 Å². The van der Waals surface area contributed by atoms with E-state index in [-0.39, 0.29) is 35.3 Å². The summed E-state index contributed by atoms with van der Waals surface area (Å²) in [4.78, 5) is 36.7. The van der Waals surface area contributed by atoms with E-state index in [9.17, 15) is 14.7 Å². The summed E-state index contributed by atoms with van der Waals surface area (Å²) in [5, 5.41) is 20.6. The van der Waals surface area contributed by atoms with Crippen LogP contribution in [0, 0.1) is 0 Å². The summed E-state index contributed by atoms with van der Waals surface area (Å²) in [6.45, 7) is 5.59. The minimum Gasteiger partial charge on any atom is -0.512 e. The van der Waals surface area contributed by atoms with Gasteiger partial charge in [-0.25, -0.2) is 9.79 Å². The van der Waals surface area contributed by atoms with Crippen molar-refractivity contribution in [3.63, 3.8) is 0 Å². The molecule has 2 aliphatic heterocycles. The molecular formula is C20H20N6O5. The van der Waals surface area contributed by atoms with Gasteiger partial charge in [-0.1, -0.05) is 6.92 Å². The van der Waals surface area contributed by atoms with Gasteiger partial charge in [0.1, 0.15) is 17.1 Å². The lowest BCUT2D eigenvalue weighted by atomic mass is 10.1. The molecule has 160 valence electrons. The second-order valence-electron chi connectivity index (χ2n) is 6.32. The summed E-state index contributed by atoms with van der Waals surface area (Å²) in [6.07, 6.45) is 1.97. The third-order valence-electron chi connectivity index (χ3n) is 4.01. The molecule has 0 saturated heterocycles. The molecule has 0 atom stereocenters. The molecular weight excluding hydrogens is 404 g/mol. The minimum absolute atomic E-state index is 0.0170. The van der Waals surface area contributed by atoms with Crippen LogP contribution in [0.25, 0.3) is 0 Å². The molecule has 2 aliphatic rings. The zero-order valence-electron chi connectivity index (χ0n) is 17.2. The van der Waals surface area contributed by atoms with Crippen LogP contribution in [0.4, 0.5) is 5.69 Å². The molecule has 3 rings (SSSR count). The minimum atomic E-state index is -0.693. The molecule has 0 saturated carbocycles. The molecule has 1 N–H and O–H groups in total. The molecule has 1 aromatic rings. The van der Waals surface area contributed by atoms with Crippen molar-refractivity contribution in [2.75, 3.05) is 13.2 Å². The molecule has 2 heterocycles. The zero-order valence-corrected chi connectivity index (χ0v) is 17.2. The van der Waals surface area contributed by atoms with Crippen LogP contribution in [0.3, 0.4) is 0 Å². The fourth-order valence-corrected chi connectivity index (χ4v) is 2.56. The second kappa shape index (κ2) is 9.65. The summed E-state index contributed by atoms with van der Waals surface area (Å²) < 4.78 is 10.7. The summed E-state index contributed by atoms with van der Waals surface area (Å²) in [7, 11) is 0. The molecule has 0 radical (unpaired) electrons. The molecule has 31 heavy (non-hydrogen) atoms. The number of fused-ring (bicyclic) bond motifs is 1. The number of aliphatic hydroxyl groups is 1. The van der Waals surface area contributed by atoms with Crippen LogP contribution in [0.2, 0.25) is 0 Å². The Kier molecular flexibility index (Phi) is 6.75. The van der Waals surface area contributed by atoms with E-state index < -0.39 is 11.9 Å². The van der Waals surface area contributed by atoms with E-state index in [4.69, 9.17) is 9.47 Å². The standard InChI is InChI=1S/C20H20N6O5/c1-4-8-31-15-7-6-12(21-10-14(11(3)27)20(29)30-5-2)9-13(15)17-22-18-16(19(28)23-17)24-26-25-18/h6-7,9-10,27H,4-5,8H2,1-3H3. The predicted molar refractivity (Wildman–Crippen MR) is 114 cm³/mol. The van der Waals surface area contributed by atoms with E-state index in [1.165, 1.54) is 13.1 Å². The van der Waals surface area contributed by atoms with Gasteiger partial charge in [-0.3, -0.25) is 9.79 Å². The SMILES string of the molecule is CCCOc1ccc(N=CC(C(=O)OCC)=C(C)O)cc1C1=NC(=O)C2=NN=NC2=N1. The summed E-state index contributed by atoms with van der Waals surface area (Å²) in [6, 6.07) is 4.91. The lowest BCUT2D eigenvalue weighted by Gasteiger charge is -2.13. The van der Waals surface area contributed by atoms with E-state index in [0.29, 0.717) is 23.6 Å². The lowest BCUT2D eigenvalue weighted by Crippen LogP contribution is -2.26. The first-order valence-electron chi connectivity index (χ1n) is 9.53. The normalized spacial score (nSPS) is 15.8. The van der Waals surface area contributed by atoms with Crippen molar-refractivity contribution in [2.24, 2.45) is 30.4 Å². The fourth-order valence-electron chi connectivity index (χ4n) is 2.56. The Bertz CT molecular complexity index is 1090. The Balaban J connectivity index is 1.99. The number of ether oxygens (including phenoxy) is 2. The monoisotopic (exact) mass is 424 g/mol. The predicted octanol–water partition coefficient (Wildman–Crippen LogP) is 3.08. The third kappa shape index (κ3) is 4.94. The Morgan fingerprint density at radius 1 is 1.23 bits per heavy atom. The molecule has 0 fully saturated rings. The van der Waals surface area contributed by atoms with Gasteiger partial charge in [-0.2, -0.15) is 4.99 Å². The number of amidine groups is 2.